The molecular weight excluding hydrogens is 226 g/mol. The smallest absolute Gasteiger partial charge is 0.222 e. The number of rotatable bonds is 3. The third-order valence-corrected chi connectivity index (χ3v) is 3.53. The molecule has 1 aromatic carbocycles. The van der Waals surface area contributed by atoms with Crippen molar-refractivity contribution in [2.24, 2.45) is 0 Å². The minimum absolute atomic E-state index is 0.211. The van der Waals surface area contributed by atoms with Gasteiger partial charge in [-0.3, -0.25) is 4.79 Å². The Morgan fingerprint density at radius 1 is 1.39 bits per heavy atom. The fraction of sp³-hybridized carbons (Fsp3) is 0.533. The highest BCUT2D eigenvalue weighted by molar-refractivity contribution is 5.76. The number of hydrogen-bond acceptors (Lipinski definition) is 2. The van der Waals surface area contributed by atoms with E-state index in [9.17, 15) is 9.90 Å². The van der Waals surface area contributed by atoms with E-state index in [2.05, 4.69) is 25.1 Å². The minimum atomic E-state index is -0.217. The van der Waals surface area contributed by atoms with Crippen LogP contribution in [0.4, 0.5) is 0 Å². The second kappa shape index (κ2) is 6.01. The predicted octanol–water partition coefficient (Wildman–Crippen LogP) is 1.91. The van der Waals surface area contributed by atoms with Crippen LogP contribution in [-0.2, 0) is 11.2 Å². The van der Waals surface area contributed by atoms with E-state index in [1.165, 1.54) is 11.1 Å². The average molecular weight is 247 g/mol. The molecule has 0 aromatic heterocycles. The Morgan fingerprint density at radius 3 is 2.78 bits per heavy atom. The Bertz CT molecular complexity index is 409. The molecule has 0 saturated carbocycles. The van der Waals surface area contributed by atoms with Gasteiger partial charge >= 0.3 is 0 Å². The molecule has 1 fully saturated rings. The number of aryl methyl sites for hydroxylation is 2. The number of piperidine rings is 1. The molecule has 1 aliphatic rings. The molecule has 0 unspecified atom stereocenters. The van der Waals surface area contributed by atoms with Gasteiger partial charge in [0.2, 0.25) is 5.91 Å². The molecule has 18 heavy (non-hydrogen) atoms. The summed E-state index contributed by atoms with van der Waals surface area (Å²) in [6.45, 7) is 3.47. The van der Waals surface area contributed by atoms with E-state index in [-0.39, 0.29) is 12.0 Å². The second-order valence-electron chi connectivity index (χ2n) is 5.10. The lowest BCUT2D eigenvalue weighted by Gasteiger charge is -2.29. The van der Waals surface area contributed by atoms with E-state index in [4.69, 9.17) is 0 Å². The van der Waals surface area contributed by atoms with Gasteiger partial charge in [0.25, 0.3) is 0 Å². The van der Waals surface area contributed by atoms with Crippen molar-refractivity contribution < 1.29 is 9.90 Å². The highest BCUT2D eigenvalue weighted by Gasteiger charge is 2.20. The first-order valence-corrected chi connectivity index (χ1v) is 6.66. The minimum Gasteiger partial charge on any atom is -0.393 e. The van der Waals surface area contributed by atoms with Crippen molar-refractivity contribution in [2.75, 3.05) is 13.1 Å². The number of hydrogen-bond donors (Lipinski definition) is 1. The van der Waals surface area contributed by atoms with Crippen LogP contribution >= 0.6 is 0 Å². The largest absolute Gasteiger partial charge is 0.393 e. The third kappa shape index (κ3) is 3.57. The van der Waals surface area contributed by atoms with Gasteiger partial charge in [-0.05, 0) is 31.7 Å². The number of aliphatic hydroxyl groups excluding tert-OH is 1. The van der Waals surface area contributed by atoms with Gasteiger partial charge in [0.1, 0.15) is 0 Å². The van der Waals surface area contributed by atoms with E-state index in [0.29, 0.717) is 19.5 Å². The Kier molecular flexibility index (Phi) is 4.37. The van der Waals surface area contributed by atoms with Gasteiger partial charge in [0.15, 0.2) is 0 Å². The topological polar surface area (TPSA) is 40.5 Å². The number of benzene rings is 1. The summed E-state index contributed by atoms with van der Waals surface area (Å²) in [5.74, 6) is 0.211. The molecule has 2 rings (SSSR count). The molecule has 1 saturated heterocycles. The maximum Gasteiger partial charge on any atom is 0.222 e. The molecule has 1 heterocycles. The second-order valence-corrected chi connectivity index (χ2v) is 5.10. The zero-order valence-electron chi connectivity index (χ0n) is 10.9. The van der Waals surface area contributed by atoms with Crippen molar-refractivity contribution in [1.29, 1.82) is 0 Å². The summed E-state index contributed by atoms with van der Waals surface area (Å²) in [7, 11) is 0. The molecule has 0 atom stereocenters. The van der Waals surface area contributed by atoms with Gasteiger partial charge in [-0.2, -0.15) is 0 Å². The van der Waals surface area contributed by atoms with Crippen LogP contribution in [0.25, 0.3) is 0 Å². The van der Waals surface area contributed by atoms with Crippen molar-refractivity contribution >= 4 is 5.91 Å². The highest BCUT2D eigenvalue weighted by Crippen LogP contribution is 2.13. The van der Waals surface area contributed by atoms with Crippen LogP contribution < -0.4 is 0 Å². The van der Waals surface area contributed by atoms with E-state index in [0.717, 1.165) is 19.3 Å². The number of likely N-dealkylation sites (tertiary alicyclic amines) is 1. The number of carbonyl (C=O) groups is 1. The van der Waals surface area contributed by atoms with Crippen LogP contribution in [-0.4, -0.2) is 35.1 Å². The molecule has 1 amide bonds. The van der Waals surface area contributed by atoms with Crippen LogP contribution in [0.1, 0.15) is 30.4 Å². The molecular formula is C15H21NO2. The van der Waals surface area contributed by atoms with Gasteiger partial charge in [0, 0.05) is 19.5 Å². The summed E-state index contributed by atoms with van der Waals surface area (Å²) in [4.78, 5) is 13.9. The molecule has 1 aliphatic heterocycles. The number of aliphatic hydroxyl groups is 1. The standard InChI is InChI=1S/C15H21NO2/c1-12-3-2-4-13(11-12)5-6-15(18)16-9-7-14(17)8-10-16/h2-4,11,14,17H,5-10H2,1H3. The number of amides is 1. The molecule has 3 heteroatoms. The first-order chi connectivity index (χ1) is 8.65. The van der Waals surface area contributed by atoms with Gasteiger partial charge in [-0.25, -0.2) is 0 Å². The van der Waals surface area contributed by atoms with Gasteiger partial charge in [0.05, 0.1) is 6.10 Å². The highest BCUT2D eigenvalue weighted by atomic mass is 16.3. The van der Waals surface area contributed by atoms with E-state index in [1.807, 2.05) is 11.0 Å². The zero-order valence-corrected chi connectivity index (χ0v) is 10.9. The molecule has 1 aromatic rings. The van der Waals surface area contributed by atoms with Gasteiger partial charge in [-0.15, -0.1) is 0 Å². The zero-order chi connectivity index (χ0) is 13.0. The van der Waals surface area contributed by atoms with Crippen molar-refractivity contribution in [3.63, 3.8) is 0 Å². The monoisotopic (exact) mass is 247 g/mol. The molecule has 3 nitrogen and oxygen atoms in total. The molecule has 1 N–H and O–H groups in total. The Hall–Kier alpha value is -1.35. The van der Waals surface area contributed by atoms with Crippen LogP contribution in [0.2, 0.25) is 0 Å². The first-order valence-electron chi connectivity index (χ1n) is 6.66. The van der Waals surface area contributed by atoms with Crippen molar-refractivity contribution in [3.8, 4) is 0 Å². The lowest BCUT2D eigenvalue weighted by Crippen LogP contribution is -2.40. The Balaban J connectivity index is 1.81. The summed E-state index contributed by atoms with van der Waals surface area (Å²) < 4.78 is 0. The molecule has 0 spiro atoms. The first kappa shape index (κ1) is 13.1. The summed E-state index contributed by atoms with van der Waals surface area (Å²) in [5, 5.41) is 9.41. The fourth-order valence-electron chi connectivity index (χ4n) is 2.39. The fourth-order valence-corrected chi connectivity index (χ4v) is 2.39. The average Bonchev–Trinajstić information content (AvgIpc) is 2.37. The van der Waals surface area contributed by atoms with E-state index < -0.39 is 0 Å². The van der Waals surface area contributed by atoms with Gasteiger partial charge < -0.3 is 10.0 Å². The maximum atomic E-state index is 12.0. The third-order valence-electron chi connectivity index (χ3n) is 3.53. The predicted molar refractivity (Wildman–Crippen MR) is 71.3 cm³/mol. The van der Waals surface area contributed by atoms with Crippen LogP contribution in [0.5, 0.6) is 0 Å². The Labute approximate surface area is 108 Å². The summed E-state index contributed by atoms with van der Waals surface area (Å²) in [6, 6.07) is 8.30. The van der Waals surface area contributed by atoms with Crippen molar-refractivity contribution in [1.82, 2.24) is 4.90 Å². The van der Waals surface area contributed by atoms with Crippen molar-refractivity contribution in [3.05, 3.63) is 35.4 Å². The summed E-state index contributed by atoms with van der Waals surface area (Å²) in [6.07, 6.45) is 2.59. The van der Waals surface area contributed by atoms with Crippen LogP contribution in [0.15, 0.2) is 24.3 Å². The maximum absolute atomic E-state index is 12.0. The SMILES string of the molecule is Cc1cccc(CCC(=O)N2CCC(O)CC2)c1. The molecule has 0 aliphatic carbocycles. The van der Waals surface area contributed by atoms with Crippen LogP contribution in [0.3, 0.4) is 0 Å². The lowest BCUT2D eigenvalue weighted by molar-refractivity contribution is -0.133. The lowest BCUT2D eigenvalue weighted by atomic mass is 10.0. The Morgan fingerprint density at radius 2 is 2.11 bits per heavy atom. The quantitative estimate of drug-likeness (QED) is 0.886. The normalized spacial score (nSPS) is 16.9. The molecule has 0 bridgehead atoms. The molecule has 0 radical (unpaired) electrons. The molecule has 98 valence electrons. The van der Waals surface area contributed by atoms with Crippen LogP contribution in [0, 0.1) is 6.92 Å². The van der Waals surface area contributed by atoms with E-state index >= 15 is 0 Å². The van der Waals surface area contributed by atoms with Crippen molar-refractivity contribution in [2.45, 2.75) is 38.7 Å². The number of carbonyl (C=O) groups excluding carboxylic acids is 1. The number of nitrogens with zero attached hydrogens (tertiary/aromatic N) is 1. The summed E-state index contributed by atoms with van der Waals surface area (Å²) in [5.41, 5.74) is 2.46. The van der Waals surface area contributed by atoms with Gasteiger partial charge in [-0.1, -0.05) is 29.8 Å². The summed E-state index contributed by atoms with van der Waals surface area (Å²) >= 11 is 0. The van der Waals surface area contributed by atoms with E-state index in [1.54, 1.807) is 0 Å².